The number of halogens is 2. The monoisotopic (exact) mass is 295 g/mol. The average Bonchev–Trinajstić information content (AvgIpc) is 2.37. The molecule has 0 aliphatic carbocycles. The van der Waals surface area contributed by atoms with Crippen molar-refractivity contribution in [3.63, 3.8) is 0 Å². The minimum absolute atomic E-state index is 0.172. The van der Waals surface area contributed by atoms with Gasteiger partial charge in [0.15, 0.2) is 5.82 Å². The molecule has 2 aromatic rings. The van der Waals surface area contributed by atoms with Crippen molar-refractivity contribution in [2.45, 2.75) is 20.5 Å². The Bertz CT molecular complexity index is 607. The fourth-order valence-corrected chi connectivity index (χ4v) is 1.92. The molecular formula is C14H15ClFN3O. The fourth-order valence-electron chi connectivity index (χ4n) is 1.70. The van der Waals surface area contributed by atoms with E-state index < -0.39 is 5.82 Å². The van der Waals surface area contributed by atoms with Gasteiger partial charge in [0.1, 0.15) is 24.0 Å². The van der Waals surface area contributed by atoms with Gasteiger partial charge >= 0.3 is 0 Å². The van der Waals surface area contributed by atoms with E-state index in [9.17, 15) is 4.39 Å². The van der Waals surface area contributed by atoms with Crippen LogP contribution in [0.5, 0.6) is 5.75 Å². The zero-order valence-corrected chi connectivity index (χ0v) is 12.0. The number of rotatable bonds is 5. The topological polar surface area (TPSA) is 47.0 Å². The Morgan fingerprint density at radius 1 is 1.30 bits per heavy atom. The minimum Gasteiger partial charge on any atom is -0.484 e. The van der Waals surface area contributed by atoms with E-state index in [4.69, 9.17) is 16.3 Å². The molecule has 4 nitrogen and oxygen atoms in total. The molecular weight excluding hydrogens is 281 g/mol. The molecule has 0 atom stereocenters. The molecule has 0 fully saturated rings. The van der Waals surface area contributed by atoms with Gasteiger partial charge in [-0.3, -0.25) is 0 Å². The zero-order valence-electron chi connectivity index (χ0n) is 11.3. The van der Waals surface area contributed by atoms with Crippen molar-refractivity contribution in [2.75, 3.05) is 11.9 Å². The molecule has 1 N–H and O–H groups in total. The second kappa shape index (κ2) is 6.52. The molecule has 2 rings (SSSR count). The number of aryl methyl sites for hydroxylation is 1. The number of hydrogen-bond donors (Lipinski definition) is 1. The van der Waals surface area contributed by atoms with E-state index in [2.05, 4.69) is 15.3 Å². The second-order valence-corrected chi connectivity index (χ2v) is 4.61. The van der Waals surface area contributed by atoms with E-state index in [1.54, 1.807) is 0 Å². The predicted molar refractivity (Wildman–Crippen MR) is 76.7 cm³/mol. The lowest BCUT2D eigenvalue weighted by molar-refractivity contribution is 0.295. The summed E-state index contributed by atoms with van der Waals surface area (Å²) in [6.45, 7) is 4.83. The first-order chi connectivity index (χ1) is 9.58. The van der Waals surface area contributed by atoms with Crippen LogP contribution >= 0.6 is 11.6 Å². The van der Waals surface area contributed by atoms with Gasteiger partial charge in [0.05, 0.1) is 5.02 Å². The number of nitrogens with zero attached hydrogens (tertiary/aromatic N) is 2. The van der Waals surface area contributed by atoms with Gasteiger partial charge in [0.25, 0.3) is 0 Å². The van der Waals surface area contributed by atoms with E-state index in [1.807, 2.05) is 19.9 Å². The Kier molecular flexibility index (Phi) is 4.74. The van der Waals surface area contributed by atoms with Gasteiger partial charge < -0.3 is 10.1 Å². The molecule has 20 heavy (non-hydrogen) atoms. The first-order valence-corrected chi connectivity index (χ1v) is 6.62. The standard InChI is InChI=1S/C14H15ClFN3O/c1-3-17-13-6-9(2)18-14(19-13)8-20-12-5-4-10(16)7-11(12)15/h4-7H,3,8H2,1-2H3,(H,17,18,19). The van der Waals surface area contributed by atoms with Crippen molar-refractivity contribution in [1.82, 2.24) is 9.97 Å². The third-order valence-electron chi connectivity index (χ3n) is 2.51. The summed E-state index contributed by atoms with van der Waals surface area (Å²) in [4.78, 5) is 8.61. The maximum absolute atomic E-state index is 12.9. The van der Waals surface area contributed by atoms with E-state index in [1.165, 1.54) is 18.2 Å². The Morgan fingerprint density at radius 2 is 2.10 bits per heavy atom. The third kappa shape index (κ3) is 3.81. The molecule has 6 heteroatoms. The molecule has 1 heterocycles. The summed E-state index contributed by atoms with van der Waals surface area (Å²) in [5, 5.41) is 3.35. The Morgan fingerprint density at radius 3 is 2.80 bits per heavy atom. The third-order valence-corrected chi connectivity index (χ3v) is 2.80. The van der Waals surface area contributed by atoms with Crippen LogP contribution in [0.1, 0.15) is 18.4 Å². The van der Waals surface area contributed by atoms with E-state index in [0.717, 1.165) is 18.1 Å². The van der Waals surface area contributed by atoms with Gasteiger partial charge in [-0.05, 0) is 32.0 Å². The average molecular weight is 296 g/mol. The molecule has 0 bridgehead atoms. The van der Waals surface area contributed by atoms with Crippen molar-refractivity contribution in [3.05, 3.63) is 46.6 Å². The van der Waals surface area contributed by atoms with Gasteiger partial charge in [0, 0.05) is 18.3 Å². The van der Waals surface area contributed by atoms with Crippen LogP contribution in [0.15, 0.2) is 24.3 Å². The number of ether oxygens (including phenoxy) is 1. The van der Waals surface area contributed by atoms with Crippen LogP contribution in [0.25, 0.3) is 0 Å². The molecule has 0 aliphatic heterocycles. The van der Waals surface area contributed by atoms with Crippen molar-refractivity contribution in [2.24, 2.45) is 0 Å². The summed E-state index contributed by atoms with van der Waals surface area (Å²) in [6.07, 6.45) is 0. The van der Waals surface area contributed by atoms with Crippen LogP contribution < -0.4 is 10.1 Å². The summed E-state index contributed by atoms with van der Waals surface area (Å²) < 4.78 is 18.4. The quantitative estimate of drug-likeness (QED) is 0.916. The summed E-state index contributed by atoms with van der Waals surface area (Å²) >= 11 is 5.89. The normalized spacial score (nSPS) is 10.4. The Balaban J connectivity index is 2.10. The van der Waals surface area contributed by atoms with Crippen LogP contribution in [0.2, 0.25) is 5.02 Å². The molecule has 0 aliphatic rings. The van der Waals surface area contributed by atoms with E-state index in [-0.39, 0.29) is 11.6 Å². The smallest absolute Gasteiger partial charge is 0.168 e. The second-order valence-electron chi connectivity index (χ2n) is 4.20. The molecule has 0 amide bonds. The number of anilines is 1. The zero-order chi connectivity index (χ0) is 14.5. The number of aromatic nitrogens is 2. The van der Waals surface area contributed by atoms with Crippen molar-refractivity contribution in [3.8, 4) is 5.75 Å². The number of nitrogens with one attached hydrogen (secondary N) is 1. The van der Waals surface area contributed by atoms with Crippen LogP contribution in [0.4, 0.5) is 10.2 Å². The lowest BCUT2D eigenvalue weighted by atomic mass is 10.3. The van der Waals surface area contributed by atoms with Crippen LogP contribution in [0.3, 0.4) is 0 Å². The first-order valence-electron chi connectivity index (χ1n) is 6.24. The molecule has 1 aromatic heterocycles. The van der Waals surface area contributed by atoms with E-state index >= 15 is 0 Å². The molecule has 0 saturated carbocycles. The highest BCUT2D eigenvalue weighted by molar-refractivity contribution is 6.32. The Labute approximate surface area is 122 Å². The molecule has 0 saturated heterocycles. The highest BCUT2D eigenvalue weighted by atomic mass is 35.5. The van der Waals surface area contributed by atoms with Gasteiger partial charge in [0.2, 0.25) is 0 Å². The SMILES string of the molecule is CCNc1cc(C)nc(COc2ccc(F)cc2Cl)n1. The maximum Gasteiger partial charge on any atom is 0.168 e. The van der Waals surface area contributed by atoms with Crippen LogP contribution in [-0.2, 0) is 6.61 Å². The molecule has 0 radical (unpaired) electrons. The van der Waals surface area contributed by atoms with Crippen LogP contribution in [-0.4, -0.2) is 16.5 Å². The predicted octanol–water partition coefficient (Wildman–Crippen LogP) is 3.59. The van der Waals surface area contributed by atoms with Gasteiger partial charge in [-0.25, -0.2) is 14.4 Å². The van der Waals surface area contributed by atoms with Gasteiger partial charge in [-0.1, -0.05) is 11.6 Å². The maximum atomic E-state index is 12.9. The molecule has 1 aromatic carbocycles. The lowest BCUT2D eigenvalue weighted by Crippen LogP contribution is -2.07. The van der Waals surface area contributed by atoms with Crippen LogP contribution in [0, 0.1) is 12.7 Å². The largest absolute Gasteiger partial charge is 0.484 e. The summed E-state index contributed by atoms with van der Waals surface area (Å²) in [7, 11) is 0. The van der Waals surface area contributed by atoms with Crippen molar-refractivity contribution >= 4 is 17.4 Å². The first kappa shape index (κ1) is 14.5. The number of hydrogen-bond acceptors (Lipinski definition) is 4. The molecule has 0 spiro atoms. The summed E-state index contributed by atoms with van der Waals surface area (Å²) in [5.41, 5.74) is 0.847. The van der Waals surface area contributed by atoms with Crippen molar-refractivity contribution < 1.29 is 9.13 Å². The Hall–Kier alpha value is -1.88. The highest BCUT2D eigenvalue weighted by Gasteiger charge is 2.06. The molecule has 106 valence electrons. The minimum atomic E-state index is -0.399. The van der Waals surface area contributed by atoms with Gasteiger partial charge in [-0.2, -0.15) is 0 Å². The van der Waals surface area contributed by atoms with Crippen molar-refractivity contribution in [1.29, 1.82) is 0 Å². The highest BCUT2D eigenvalue weighted by Crippen LogP contribution is 2.25. The lowest BCUT2D eigenvalue weighted by Gasteiger charge is -2.09. The summed E-state index contributed by atoms with van der Waals surface area (Å²) in [6, 6.07) is 5.84. The summed E-state index contributed by atoms with van der Waals surface area (Å²) in [5.74, 6) is 1.30. The molecule has 0 unspecified atom stereocenters. The van der Waals surface area contributed by atoms with E-state index in [0.29, 0.717) is 11.6 Å². The number of benzene rings is 1. The van der Waals surface area contributed by atoms with Gasteiger partial charge in [-0.15, -0.1) is 0 Å². The fraction of sp³-hybridized carbons (Fsp3) is 0.286.